The highest BCUT2D eigenvalue weighted by molar-refractivity contribution is 6.00. The first-order chi connectivity index (χ1) is 8.74. The molecule has 0 N–H and O–H groups in total. The number of ether oxygens (including phenoxy) is 1. The molecule has 0 amide bonds. The zero-order valence-corrected chi connectivity index (χ0v) is 10.2. The van der Waals surface area contributed by atoms with Crippen LogP contribution in [0.1, 0.15) is 34.0 Å². The van der Waals surface area contributed by atoms with Crippen LogP contribution in [0, 0.1) is 6.92 Å². The number of carbonyl (C=O) groups is 1. The summed E-state index contributed by atoms with van der Waals surface area (Å²) in [6.45, 7) is 2.00. The van der Waals surface area contributed by atoms with Crippen molar-refractivity contribution in [3.05, 3.63) is 65.2 Å². The molecule has 2 heteroatoms. The monoisotopic (exact) mass is 238 g/mol. The van der Waals surface area contributed by atoms with Gasteiger partial charge in [0, 0.05) is 0 Å². The molecule has 0 aromatic heterocycles. The molecular formula is C16H14O2. The van der Waals surface area contributed by atoms with E-state index in [9.17, 15) is 4.79 Å². The van der Waals surface area contributed by atoms with E-state index in [0.717, 1.165) is 11.1 Å². The number of Topliss-reactive ketones (excluding diaryl/α,β-unsaturated/α-hetero) is 1. The summed E-state index contributed by atoms with van der Waals surface area (Å²) in [7, 11) is 0. The zero-order valence-electron chi connectivity index (χ0n) is 10.2. The van der Waals surface area contributed by atoms with Crippen molar-refractivity contribution in [1.29, 1.82) is 0 Å². The molecule has 1 atom stereocenters. The van der Waals surface area contributed by atoms with Crippen molar-refractivity contribution in [3.63, 3.8) is 0 Å². The van der Waals surface area contributed by atoms with Gasteiger partial charge in [0.1, 0.15) is 11.9 Å². The molecule has 0 spiro atoms. The second-order valence-corrected chi connectivity index (χ2v) is 4.64. The van der Waals surface area contributed by atoms with E-state index in [2.05, 4.69) is 0 Å². The number of fused-ring (bicyclic) bond motifs is 1. The fourth-order valence-corrected chi connectivity index (χ4v) is 2.28. The Morgan fingerprint density at radius 1 is 1.11 bits per heavy atom. The molecule has 0 fully saturated rings. The topological polar surface area (TPSA) is 26.3 Å². The number of aryl methyl sites for hydroxylation is 1. The molecule has 0 saturated heterocycles. The maximum absolute atomic E-state index is 12.1. The lowest BCUT2D eigenvalue weighted by Gasteiger charge is -2.25. The van der Waals surface area contributed by atoms with Gasteiger partial charge in [0.05, 0.1) is 12.0 Å². The Morgan fingerprint density at radius 2 is 1.89 bits per heavy atom. The molecule has 1 aliphatic heterocycles. The summed E-state index contributed by atoms with van der Waals surface area (Å²) in [5.74, 6) is 0.866. The molecule has 0 saturated carbocycles. The summed E-state index contributed by atoms with van der Waals surface area (Å²) in [6.07, 6.45) is 0.257. The van der Waals surface area contributed by atoms with Gasteiger partial charge in [-0.05, 0) is 30.2 Å². The molecule has 0 aliphatic carbocycles. The van der Waals surface area contributed by atoms with Gasteiger partial charge in [-0.3, -0.25) is 4.79 Å². The van der Waals surface area contributed by atoms with E-state index in [-0.39, 0.29) is 11.9 Å². The van der Waals surface area contributed by atoms with E-state index in [1.165, 1.54) is 0 Å². The summed E-state index contributed by atoms with van der Waals surface area (Å²) in [6, 6.07) is 15.6. The van der Waals surface area contributed by atoms with Gasteiger partial charge in [0.2, 0.25) is 0 Å². The highest BCUT2D eigenvalue weighted by Gasteiger charge is 2.27. The summed E-state index contributed by atoms with van der Waals surface area (Å²) < 4.78 is 5.95. The third kappa shape index (κ3) is 1.90. The predicted octanol–water partition coefficient (Wildman–Crippen LogP) is 3.70. The largest absolute Gasteiger partial charge is 0.484 e. The SMILES string of the molecule is Cc1ccc2c(c1)O[C@H](c1ccccc1)CC2=O. The standard InChI is InChI=1S/C16H14O2/c1-11-7-8-13-14(17)10-15(18-16(13)9-11)12-5-3-2-4-6-12/h2-9,15H,10H2,1H3/t15-/m0/s1. The van der Waals surface area contributed by atoms with E-state index < -0.39 is 0 Å². The normalized spacial score (nSPS) is 18.1. The van der Waals surface area contributed by atoms with Crippen molar-refractivity contribution in [1.82, 2.24) is 0 Å². The number of hydrogen-bond acceptors (Lipinski definition) is 2. The van der Waals surface area contributed by atoms with Gasteiger partial charge in [-0.2, -0.15) is 0 Å². The van der Waals surface area contributed by atoms with E-state index in [4.69, 9.17) is 4.74 Å². The summed E-state index contributed by atoms with van der Waals surface area (Å²) in [5.41, 5.74) is 2.86. The Hall–Kier alpha value is -2.09. The average Bonchev–Trinajstić information content (AvgIpc) is 2.39. The van der Waals surface area contributed by atoms with E-state index in [1.807, 2.05) is 55.5 Å². The fraction of sp³-hybridized carbons (Fsp3) is 0.188. The second-order valence-electron chi connectivity index (χ2n) is 4.64. The number of carbonyl (C=O) groups excluding carboxylic acids is 1. The van der Waals surface area contributed by atoms with Crippen LogP contribution in [-0.2, 0) is 0 Å². The van der Waals surface area contributed by atoms with Gasteiger partial charge in [-0.15, -0.1) is 0 Å². The van der Waals surface area contributed by atoms with Crippen LogP contribution in [0.4, 0.5) is 0 Å². The fourth-order valence-electron chi connectivity index (χ4n) is 2.28. The van der Waals surface area contributed by atoms with Gasteiger partial charge in [0.25, 0.3) is 0 Å². The molecule has 2 aromatic carbocycles. The Bertz CT molecular complexity index is 587. The molecule has 2 aromatic rings. The minimum atomic E-state index is -0.159. The van der Waals surface area contributed by atoms with E-state index >= 15 is 0 Å². The highest BCUT2D eigenvalue weighted by atomic mass is 16.5. The Labute approximate surface area is 106 Å². The van der Waals surface area contributed by atoms with Crippen molar-refractivity contribution < 1.29 is 9.53 Å². The van der Waals surface area contributed by atoms with Gasteiger partial charge in [-0.1, -0.05) is 36.4 Å². The molecule has 2 nitrogen and oxygen atoms in total. The van der Waals surface area contributed by atoms with Crippen LogP contribution < -0.4 is 4.74 Å². The smallest absolute Gasteiger partial charge is 0.170 e. The van der Waals surface area contributed by atoms with Crippen LogP contribution in [0.15, 0.2) is 48.5 Å². The van der Waals surface area contributed by atoms with Crippen molar-refractivity contribution in [2.45, 2.75) is 19.4 Å². The number of hydrogen-bond donors (Lipinski definition) is 0. The first kappa shape index (κ1) is 11.0. The van der Waals surface area contributed by atoms with Crippen LogP contribution >= 0.6 is 0 Å². The molecule has 18 heavy (non-hydrogen) atoms. The first-order valence-corrected chi connectivity index (χ1v) is 6.09. The van der Waals surface area contributed by atoms with Gasteiger partial charge in [-0.25, -0.2) is 0 Å². The molecule has 1 aliphatic rings. The lowest BCUT2D eigenvalue weighted by molar-refractivity contribution is 0.0850. The second kappa shape index (κ2) is 4.30. The lowest BCUT2D eigenvalue weighted by atomic mass is 9.95. The molecule has 0 radical (unpaired) electrons. The summed E-state index contributed by atoms with van der Waals surface area (Å²) in [5, 5.41) is 0. The first-order valence-electron chi connectivity index (χ1n) is 6.09. The number of ketones is 1. The van der Waals surface area contributed by atoms with Crippen LogP contribution in [0.5, 0.6) is 5.75 Å². The molecule has 1 heterocycles. The van der Waals surface area contributed by atoms with Crippen molar-refractivity contribution in [3.8, 4) is 5.75 Å². The molecule has 0 unspecified atom stereocenters. The predicted molar refractivity (Wildman–Crippen MR) is 69.9 cm³/mol. The zero-order chi connectivity index (χ0) is 12.5. The third-order valence-electron chi connectivity index (χ3n) is 3.25. The average molecular weight is 238 g/mol. The van der Waals surface area contributed by atoms with Crippen LogP contribution in [0.25, 0.3) is 0 Å². The van der Waals surface area contributed by atoms with Crippen molar-refractivity contribution in [2.24, 2.45) is 0 Å². The highest BCUT2D eigenvalue weighted by Crippen LogP contribution is 2.35. The van der Waals surface area contributed by atoms with E-state index in [1.54, 1.807) is 0 Å². The minimum absolute atomic E-state index is 0.158. The van der Waals surface area contributed by atoms with Crippen LogP contribution in [-0.4, -0.2) is 5.78 Å². The third-order valence-corrected chi connectivity index (χ3v) is 3.25. The van der Waals surface area contributed by atoms with Crippen molar-refractivity contribution >= 4 is 5.78 Å². The lowest BCUT2D eigenvalue weighted by Crippen LogP contribution is -2.20. The quantitative estimate of drug-likeness (QED) is 0.757. The van der Waals surface area contributed by atoms with Gasteiger partial charge >= 0.3 is 0 Å². The molecular weight excluding hydrogens is 224 g/mol. The maximum atomic E-state index is 12.1. The van der Waals surface area contributed by atoms with E-state index in [0.29, 0.717) is 17.7 Å². The number of rotatable bonds is 1. The minimum Gasteiger partial charge on any atom is -0.484 e. The maximum Gasteiger partial charge on any atom is 0.170 e. The van der Waals surface area contributed by atoms with Gasteiger partial charge < -0.3 is 4.74 Å². The molecule has 90 valence electrons. The summed E-state index contributed by atoms with van der Waals surface area (Å²) >= 11 is 0. The number of benzene rings is 2. The summed E-state index contributed by atoms with van der Waals surface area (Å²) in [4.78, 5) is 12.1. The Morgan fingerprint density at radius 3 is 2.67 bits per heavy atom. The molecule has 3 rings (SSSR count). The van der Waals surface area contributed by atoms with Crippen LogP contribution in [0.3, 0.4) is 0 Å². The molecule has 0 bridgehead atoms. The Balaban J connectivity index is 1.98. The Kier molecular flexibility index (Phi) is 2.63. The van der Waals surface area contributed by atoms with Crippen LogP contribution in [0.2, 0.25) is 0 Å². The van der Waals surface area contributed by atoms with Crippen molar-refractivity contribution in [2.75, 3.05) is 0 Å². The van der Waals surface area contributed by atoms with Gasteiger partial charge in [0.15, 0.2) is 5.78 Å².